The minimum Gasteiger partial charge on any atom is -0.387 e. The highest BCUT2D eigenvalue weighted by molar-refractivity contribution is 5.94. The molecule has 1 heterocycles. The molecule has 1 aromatic rings. The van der Waals surface area contributed by atoms with Crippen LogP contribution in [0.15, 0.2) is 24.3 Å². The van der Waals surface area contributed by atoms with Crippen molar-refractivity contribution in [1.29, 1.82) is 0 Å². The van der Waals surface area contributed by atoms with E-state index in [1.54, 1.807) is 12.1 Å². The van der Waals surface area contributed by atoms with Crippen LogP contribution in [-0.4, -0.2) is 46.1 Å². The Labute approximate surface area is 122 Å². The first-order valence-electron chi connectivity index (χ1n) is 6.80. The van der Waals surface area contributed by atoms with Crippen LogP contribution in [0.3, 0.4) is 0 Å². The van der Waals surface area contributed by atoms with Crippen molar-refractivity contribution >= 4 is 17.3 Å². The molecule has 0 aromatic heterocycles. The van der Waals surface area contributed by atoms with Crippen LogP contribution >= 0.6 is 0 Å². The molecule has 0 spiro atoms. The maximum Gasteiger partial charge on any atom is 0.292 e. The van der Waals surface area contributed by atoms with Crippen molar-refractivity contribution in [1.82, 2.24) is 4.90 Å². The van der Waals surface area contributed by atoms with Crippen molar-refractivity contribution in [2.24, 2.45) is 5.92 Å². The Bertz CT molecular complexity index is 553. The van der Waals surface area contributed by atoms with E-state index in [4.69, 9.17) is 0 Å². The molecular weight excluding hydrogens is 274 g/mol. The summed E-state index contributed by atoms with van der Waals surface area (Å²) in [4.78, 5) is 24.1. The van der Waals surface area contributed by atoms with E-state index >= 15 is 0 Å². The number of likely N-dealkylation sites (tertiary alicyclic amines) is 1. The molecule has 21 heavy (non-hydrogen) atoms. The summed E-state index contributed by atoms with van der Waals surface area (Å²) in [5, 5.41) is 23.5. The van der Waals surface area contributed by atoms with Gasteiger partial charge >= 0.3 is 0 Å². The standard InChI is InChI=1S/C14H19N3O4/c1-10(2)14(19)8-16(9-14)7-13(18)15-11-5-3-4-6-12(11)17(20)21/h3-6,10,19H,7-9H2,1-2H3,(H,15,18). The minimum atomic E-state index is -0.737. The van der Waals surface area contributed by atoms with Gasteiger partial charge in [-0.25, -0.2) is 0 Å². The van der Waals surface area contributed by atoms with E-state index in [2.05, 4.69) is 5.32 Å². The predicted molar refractivity (Wildman–Crippen MR) is 78.0 cm³/mol. The number of carbonyl (C=O) groups is 1. The SMILES string of the molecule is CC(C)C1(O)CN(CC(=O)Nc2ccccc2[N+](=O)[O-])C1. The fourth-order valence-electron chi connectivity index (χ4n) is 2.34. The molecule has 114 valence electrons. The van der Waals surface area contributed by atoms with Crippen LogP contribution in [0.25, 0.3) is 0 Å². The summed E-state index contributed by atoms with van der Waals surface area (Å²) in [7, 11) is 0. The lowest BCUT2D eigenvalue weighted by atomic mass is 9.83. The summed E-state index contributed by atoms with van der Waals surface area (Å²) in [5.41, 5.74) is -0.681. The highest BCUT2D eigenvalue weighted by Crippen LogP contribution is 2.28. The largest absolute Gasteiger partial charge is 0.387 e. The zero-order chi connectivity index (χ0) is 15.6. The molecule has 1 amide bonds. The predicted octanol–water partition coefficient (Wildman–Crippen LogP) is 1.24. The second kappa shape index (κ2) is 5.79. The summed E-state index contributed by atoms with van der Waals surface area (Å²) in [6.45, 7) is 4.86. The number of para-hydroxylation sites is 2. The van der Waals surface area contributed by atoms with Gasteiger partial charge in [-0.05, 0) is 12.0 Å². The van der Waals surface area contributed by atoms with Gasteiger partial charge < -0.3 is 10.4 Å². The molecule has 0 radical (unpaired) electrons. The van der Waals surface area contributed by atoms with Gasteiger partial charge in [-0.2, -0.15) is 0 Å². The number of benzene rings is 1. The average Bonchev–Trinajstić information content (AvgIpc) is 2.36. The third-order valence-corrected chi connectivity index (χ3v) is 3.81. The van der Waals surface area contributed by atoms with Crippen molar-refractivity contribution in [2.75, 3.05) is 25.0 Å². The van der Waals surface area contributed by atoms with E-state index in [0.717, 1.165) is 0 Å². The number of nitro groups is 1. The summed E-state index contributed by atoms with van der Waals surface area (Å²) in [5.74, 6) is -0.192. The Kier molecular flexibility index (Phi) is 4.24. The first kappa shape index (κ1) is 15.4. The van der Waals surface area contributed by atoms with E-state index in [1.165, 1.54) is 12.1 Å². The van der Waals surface area contributed by atoms with Crippen molar-refractivity contribution < 1.29 is 14.8 Å². The van der Waals surface area contributed by atoms with Crippen LogP contribution < -0.4 is 5.32 Å². The number of nitrogens with one attached hydrogen (secondary N) is 1. The van der Waals surface area contributed by atoms with Gasteiger partial charge in [0.2, 0.25) is 5.91 Å². The van der Waals surface area contributed by atoms with Crippen molar-refractivity contribution in [2.45, 2.75) is 19.4 Å². The third kappa shape index (κ3) is 3.37. The number of hydrogen-bond donors (Lipinski definition) is 2. The van der Waals surface area contributed by atoms with Crippen molar-refractivity contribution in [3.63, 3.8) is 0 Å². The first-order valence-corrected chi connectivity index (χ1v) is 6.80. The third-order valence-electron chi connectivity index (χ3n) is 3.81. The van der Waals surface area contributed by atoms with Crippen LogP contribution in [-0.2, 0) is 4.79 Å². The molecular formula is C14H19N3O4. The highest BCUT2D eigenvalue weighted by Gasteiger charge is 2.43. The molecule has 0 unspecified atom stereocenters. The highest BCUT2D eigenvalue weighted by atomic mass is 16.6. The van der Waals surface area contributed by atoms with Crippen LogP contribution in [0.5, 0.6) is 0 Å². The van der Waals surface area contributed by atoms with Gasteiger partial charge in [-0.3, -0.25) is 19.8 Å². The minimum absolute atomic E-state index is 0.112. The number of amides is 1. The van der Waals surface area contributed by atoms with E-state index in [-0.39, 0.29) is 29.7 Å². The Morgan fingerprint density at radius 1 is 1.48 bits per heavy atom. The molecule has 1 aromatic carbocycles. The summed E-state index contributed by atoms with van der Waals surface area (Å²) in [6, 6.07) is 6.02. The normalized spacial score (nSPS) is 17.3. The van der Waals surface area contributed by atoms with Crippen LogP contribution in [0.2, 0.25) is 0 Å². The lowest BCUT2D eigenvalue weighted by Crippen LogP contribution is -2.65. The second-order valence-electron chi connectivity index (χ2n) is 5.73. The quantitative estimate of drug-likeness (QED) is 0.629. The number of carbonyl (C=O) groups excluding carboxylic acids is 1. The Morgan fingerprint density at radius 3 is 2.67 bits per heavy atom. The molecule has 1 fully saturated rings. The molecule has 0 atom stereocenters. The molecule has 1 aliphatic heterocycles. The molecule has 2 N–H and O–H groups in total. The summed E-state index contributed by atoms with van der Waals surface area (Å²) < 4.78 is 0. The fraction of sp³-hybridized carbons (Fsp3) is 0.500. The summed E-state index contributed by atoms with van der Waals surface area (Å²) in [6.07, 6.45) is 0. The lowest BCUT2D eigenvalue weighted by Gasteiger charge is -2.48. The molecule has 7 heteroatoms. The Balaban J connectivity index is 1.91. The molecule has 2 rings (SSSR count). The number of anilines is 1. The van der Waals surface area contributed by atoms with E-state index < -0.39 is 10.5 Å². The fourth-order valence-corrected chi connectivity index (χ4v) is 2.34. The van der Waals surface area contributed by atoms with Crippen LogP contribution in [0, 0.1) is 16.0 Å². The van der Waals surface area contributed by atoms with Gasteiger partial charge in [0.25, 0.3) is 5.69 Å². The second-order valence-corrected chi connectivity index (χ2v) is 5.73. The molecule has 1 saturated heterocycles. The number of hydrogen-bond acceptors (Lipinski definition) is 5. The van der Waals surface area contributed by atoms with Gasteiger partial charge in [0.05, 0.1) is 17.1 Å². The van der Waals surface area contributed by atoms with Crippen molar-refractivity contribution in [3.05, 3.63) is 34.4 Å². The number of nitrogens with zero attached hydrogens (tertiary/aromatic N) is 2. The van der Waals surface area contributed by atoms with Crippen LogP contribution in [0.1, 0.15) is 13.8 Å². The molecule has 0 saturated carbocycles. The Hall–Kier alpha value is -1.99. The monoisotopic (exact) mass is 293 g/mol. The van der Waals surface area contributed by atoms with Crippen molar-refractivity contribution in [3.8, 4) is 0 Å². The maximum atomic E-state index is 11.9. The topological polar surface area (TPSA) is 95.7 Å². The van der Waals surface area contributed by atoms with E-state index in [9.17, 15) is 20.0 Å². The van der Waals surface area contributed by atoms with E-state index in [0.29, 0.717) is 13.1 Å². The first-order chi connectivity index (χ1) is 9.82. The molecule has 0 aliphatic carbocycles. The number of aliphatic hydroxyl groups is 1. The molecule has 0 bridgehead atoms. The number of rotatable bonds is 5. The van der Waals surface area contributed by atoms with Crippen LogP contribution in [0.4, 0.5) is 11.4 Å². The zero-order valence-electron chi connectivity index (χ0n) is 12.1. The molecule has 1 aliphatic rings. The Morgan fingerprint density at radius 2 is 2.10 bits per heavy atom. The smallest absolute Gasteiger partial charge is 0.292 e. The maximum absolute atomic E-state index is 11.9. The van der Waals surface area contributed by atoms with Gasteiger partial charge in [-0.15, -0.1) is 0 Å². The average molecular weight is 293 g/mol. The molecule has 7 nitrogen and oxygen atoms in total. The number of β-amino-alcohol motifs (C(OH)–C–C–N with tert-alkyl or cyclic N) is 1. The van der Waals surface area contributed by atoms with E-state index in [1.807, 2.05) is 18.7 Å². The van der Waals surface area contributed by atoms with Gasteiger partial charge in [-0.1, -0.05) is 26.0 Å². The zero-order valence-corrected chi connectivity index (χ0v) is 12.1. The van der Waals surface area contributed by atoms with Gasteiger partial charge in [0.15, 0.2) is 0 Å². The number of nitro benzene ring substituents is 1. The van der Waals surface area contributed by atoms with Gasteiger partial charge in [0.1, 0.15) is 5.69 Å². The van der Waals surface area contributed by atoms with Gasteiger partial charge in [0, 0.05) is 19.2 Å². The summed E-state index contributed by atoms with van der Waals surface area (Å²) >= 11 is 0. The lowest BCUT2D eigenvalue weighted by molar-refractivity contribution is -0.383.